The first-order chi connectivity index (χ1) is 12.9. The van der Waals surface area contributed by atoms with Crippen LogP contribution in [0.1, 0.15) is 24.0 Å². The third-order valence-corrected chi connectivity index (χ3v) is 4.99. The highest BCUT2D eigenvalue weighted by Crippen LogP contribution is 2.36. The number of piperidine rings is 1. The smallest absolute Gasteiger partial charge is 0.353 e. The first kappa shape index (κ1) is 18.6. The third kappa shape index (κ3) is 3.81. The summed E-state index contributed by atoms with van der Waals surface area (Å²) in [6.07, 6.45) is 2.14. The highest BCUT2D eigenvalue weighted by Gasteiger charge is 2.31. The molecule has 1 fully saturated rings. The van der Waals surface area contributed by atoms with Crippen LogP contribution in [0.4, 0.5) is 23.0 Å². The van der Waals surface area contributed by atoms with Gasteiger partial charge < -0.3 is 15.3 Å². The van der Waals surface area contributed by atoms with Gasteiger partial charge in [-0.1, -0.05) is 12.1 Å². The lowest BCUT2D eigenvalue weighted by atomic mass is 9.97. The van der Waals surface area contributed by atoms with E-state index in [0.717, 1.165) is 16.8 Å². The Morgan fingerprint density at radius 2 is 2.00 bits per heavy atom. The van der Waals surface area contributed by atoms with Crippen LogP contribution in [0.2, 0.25) is 0 Å². The summed E-state index contributed by atoms with van der Waals surface area (Å²) in [6.45, 7) is 4.70. The zero-order chi connectivity index (χ0) is 19.6. The van der Waals surface area contributed by atoms with Crippen LogP contribution in [-0.2, 0) is 4.79 Å². The molecule has 0 aliphatic carbocycles. The number of anilines is 3. The van der Waals surface area contributed by atoms with E-state index in [1.54, 1.807) is 4.90 Å². The maximum atomic E-state index is 11.8. The summed E-state index contributed by atoms with van der Waals surface area (Å²) in [4.78, 5) is 32.4. The monoisotopic (exact) mass is 371 g/mol. The van der Waals surface area contributed by atoms with Gasteiger partial charge in [-0.05, 0) is 43.9 Å². The first-order valence-electron chi connectivity index (χ1n) is 8.69. The van der Waals surface area contributed by atoms with Gasteiger partial charge in [0.1, 0.15) is 6.33 Å². The first-order valence-corrected chi connectivity index (χ1v) is 8.69. The summed E-state index contributed by atoms with van der Waals surface area (Å²) in [6, 6.07) is 5.68. The van der Waals surface area contributed by atoms with E-state index in [1.807, 2.05) is 32.0 Å². The third-order valence-electron chi connectivity index (χ3n) is 4.99. The maximum absolute atomic E-state index is 11.8. The van der Waals surface area contributed by atoms with E-state index < -0.39 is 16.8 Å². The molecule has 0 saturated carbocycles. The van der Waals surface area contributed by atoms with Crippen LogP contribution in [0.15, 0.2) is 24.5 Å². The molecule has 0 radical (unpaired) electrons. The number of aryl methyl sites for hydroxylation is 1. The molecule has 0 bridgehead atoms. The largest absolute Gasteiger partial charge is 0.481 e. The van der Waals surface area contributed by atoms with Crippen molar-refractivity contribution >= 4 is 29.0 Å². The van der Waals surface area contributed by atoms with Gasteiger partial charge >= 0.3 is 11.7 Å². The SMILES string of the molecule is Cc1cccc(Nc2ncnc(N3CCC(C(=O)O)CC3)c2[N+](=O)[O-])c1C. The highest BCUT2D eigenvalue weighted by atomic mass is 16.6. The van der Waals surface area contributed by atoms with Gasteiger partial charge in [0.2, 0.25) is 11.6 Å². The molecule has 1 aliphatic rings. The molecule has 2 N–H and O–H groups in total. The van der Waals surface area contributed by atoms with Crippen LogP contribution in [0.25, 0.3) is 0 Å². The molecule has 2 heterocycles. The summed E-state index contributed by atoms with van der Waals surface area (Å²) in [5.41, 5.74) is 2.58. The second kappa shape index (κ2) is 7.56. The number of aliphatic carboxylic acids is 1. The fraction of sp³-hybridized carbons (Fsp3) is 0.389. The van der Waals surface area contributed by atoms with Crippen molar-refractivity contribution in [3.05, 3.63) is 45.8 Å². The molecule has 9 heteroatoms. The van der Waals surface area contributed by atoms with Crippen molar-refractivity contribution < 1.29 is 14.8 Å². The number of benzene rings is 1. The van der Waals surface area contributed by atoms with Crippen molar-refractivity contribution in [2.75, 3.05) is 23.3 Å². The molecule has 142 valence electrons. The van der Waals surface area contributed by atoms with Crippen LogP contribution in [0.5, 0.6) is 0 Å². The Hall–Kier alpha value is -3.23. The molecular weight excluding hydrogens is 350 g/mol. The summed E-state index contributed by atoms with van der Waals surface area (Å²) in [5.74, 6) is -0.912. The Labute approximate surface area is 156 Å². The standard InChI is InChI=1S/C18H21N5O4/c1-11-4-3-5-14(12(11)2)21-16-15(23(26)27)17(20-10-19-16)22-8-6-13(7-9-22)18(24)25/h3-5,10,13H,6-9H2,1-2H3,(H,24,25)(H,19,20,21). The Bertz CT molecular complexity index is 878. The molecule has 1 aromatic heterocycles. The van der Waals surface area contributed by atoms with Crippen molar-refractivity contribution in [2.24, 2.45) is 5.92 Å². The number of nitro groups is 1. The Morgan fingerprint density at radius 3 is 2.63 bits per heavy atom. The minimum Gasteiger partial charge on any atom is -0.481 e. The predicted molar refractivity (Wildman–Crippen MR) is 100 cm³/mol. The summed E-state index contributed by atoms with van der Waals surface area (Å²) < 4.78 is 0. The van der Waals surface area contributed by atoms with E-state index in [1.165, 1.54) is 6.33 Å². The van der Waals surface area contributed by atoms with Gasteiger partial charge in [0.15, 0.2) is 0 Å². The number of aromatic nitrogens is 2. The molecule has 27 heavy (non-hydrogen) atoms. The summed E-state index contributed by atoms with van der Waals surface area (Å²) in [5, 5.41) is 24.0. The highest BCUT2D eigenvalue weighted by molar-refractivity contribution is 5.76. The fourth-order valence-corrected chi connectivity index (χ4v) is 3.21. The summed E-state index contributed by atoms with van der Waals surface area (Å²) >= 11 is 0. The van der Waals surface area contributed by atoms with Crippen molar-refractivity contribution in [3.8, 4) is 0 Å². The minimum atomic E-state index is -0.830. The molecule has 0 unspecified atom stereocenters. The lowest BCUT2D eigenvalue weighted by Gasteiger charge is -2.30. The number of carbonyl (C=O) groups is 1. The zero-order valence-electron chi connectivity index (χ0n) is 15.2. The molecule has 1 saturated heterocycles. The van der Waals surface area contributed by atoms with Gasteiger partial charge in [0.25, 0.3) is 0 Å². The molecular formula is C18H21N5O4. The topological polar surface area (TPSA) is 121 Å². The Balaban J connectivity index is 1.93. The minimum absolute atomic E-state index is 0.124. The number of hydrogen-bond donors (Lipinski definition) is 2. The van der Waals surface area contributed by atoms with Crippen molar-refractivity contribution in [3.63, 3.8) is 0 Å². The zero-order valence-corrected chi connectivity index (χ0v) is 15.2. The van der Waals surface area contributed by atoms with Gasteiger partial charge in [-0.3, -0.25) is 14.9 Å². The van der Waals surface area contributed by atoms with Gasteiger partial charge in [0, 0.05) is 18.8 Å². The van der Waals surface area contributed by atoms with Crippen molar-refractivity contribution in [1.82, 2.24) is 9.97 Å². The molecule has 2 aromatic rings. The lowest BCUT2D eigenvalue weighted by molar-refractivity contribution is -0.383. The number of rotatable bonds is 5. The van der Waals surface area contributed by atoms with Crippen LogP contribution < -0.4 is 10.2 Å². The maximum Gasteiger partial charge on any atom is 0.353 e. The number of carboxylic acids is 1. The van der Waals surface area contributed by atoms with E-state index in [-0.39, 0.29) is 17.3 Å². The van der Waals surface area contributed by atoms with E-state index in [2.05, 4.69) is 15.3 Å². The van der Waals surface area contributed by atoms with Gasteiger partial charge in [-0.2, -0.15) is 0 Å². The molecule has 3 rings (SSSR count). The number of nitrogens with one attached hydrogen (secondary N) is 1. The van der Waals surface area contributed by atoms with E-state index in [0.29, 0.717) is 25.9 Å². The van der Waals surface area contributed by atoms with Gasteiger partial charge in [-0.15, -0.1) is 0 Å². The van der Waals surface area contributed by atoms with Crippen LogP contribution in [-0.4, -0.2) is 39.1 Å². The van der Waals surface area contributed by atoms with Gasteiger partial charge in [-0.25, -0.2) is 9.97 Å². The van der Waals surface area contributed by atoms with E-state index in [9.17, 15) is 14.9 Å². The lowest BCUT2D eigenvalue weighted by Crippen LogP contribution is -2.37. The van der Waals surface area contributed by atoms with E-state index >= 15 is 0 Å². The second-order valence-corrected chi connectivity index (χ2v) is 6.62. The van der Waals surface area contributed by atoms with E-state index in [4.69, 9.17) is 5.11 Å². The average Bonchev–Trinajstić information content (AvgIpc) is 2.65. The van der Waals surface area contributed by atoms with Crippen LogP contribution in [0, 0.1) is 29.9 Å². The summed E-state index contributed by atoms with van der Waals surface area (Å²) in [7, 11) is 0. The molecule has 1 aromatic carbocycles. The number of hydrogen-bond acceptors (Lipinski definition) is 7. The predicted octanol–water partition coefficient (Wildman–Crippen LogP) is 3.05. The quantitative estimate of drug-likeness (QED) is 0.607. The van der Waals surface area contributed by atoms with Crippen molar-refractivity contribution in [1.29, 1.82) is 0 Å². The molecule has 0 atom stereocenters. The molecule has 9 nitrogen and oxygen atoms in total. The van der Waals surface area contributed by atoms with Crippen LogP contribution in [0.3, 0.4) is 0 Å². The molecule has 0 amide bonds. The number of nitrogens with zero attached hydrogens (tertiary/aromatic N) is 4. The average molecular weight is 371 g/mol. The van der Waals surface area contributed by atoms with Crippen LogP contribution >= 0.6 is 0 Å². The Kier molecular flexibility index (Phi) is 5.20. The molecule has 1 aliphatic heterocycles. The second-order valence-electron chi connectivity index (χ2n) is 6.62. The normalized spacial score (nSPS) is 14.8. The van der Waals surface area contributed by atoms with Crippen molar-refractivity contribution in [2.45, 2.75) is 26.7 Å². The molecule has 0 spiro atoms. The Morgan fingerprint density at radius 1 is 1.30 bits per heavy atom. The van der Waals surface area contributed by atoms with Gasteiger partial charge in [0.05, 0.1) is 10.8 Å². The fourth-order valence-electron chi connectivity index (χ4n) is 3.21. The number of carboxylic acid groups (broad SMARTS) is 1.